The highest BCUT2D eigenvalue weighted by Gasteiger charge is 2.32. The molecule has 1 aromatic rings. The zero-order chi connectivity index (χ0) is 12.5. The molecule has 0 spiro atoms. The summed E-state index contributed by atoms with van der Waals surface area (Å²) in [6.07, 6.45) is 3.61. The van der Waals surface area contributed by atoms with Crippen molar-refractivity contribution >= 4 is 5.91 Å². The van der Waals surface area contributed by atoms with E-state index in [2.05, 4.69) is 5.32 Å². The van der Waals surface area contributed by atoms with Gasteiger partial charge < -0.3 is 4.90 Å². The largest absolute Gasteiger partial charge is 0.322 e. The number of halogens is 1. The van der Waals surface area contributed by atoms with Crippen LogP contribution in [0, 0.1) is 11.7 Å². The van der Waals surface area contributed by atoms with E-state index in [4.69, 9.17) is 0 Å². The van der Waals surface area contributed by atoms with Crippen LogP contribution in [0.3, 0.4) is 0 Å². The molecule has 1 atom stereocenters. The Hall–Kier alpha value is -1.42. The minimum Gasteiger partial charge on any atom is -0.322 e. The first-order chi connectivity index (χ1) is 8.74. The van der Waals surface area contributed by atoms with E-state index in [1.165, 1.54) is 25.0 Å². The first-order valence-corrected chi connectivity index (χ1v) is 6.52. The van der Waals surface area contributed by atoms with E-state index in [0.29, 0.717) is 6.54 Å². The summed E-state index contributed by atoms with van der Waals surface area (Å²) >= 11 is 0. The van der Waals surface area contributed by atoms with Crippen LogP contribution in [-0.2, 0) is 4.79 Å². The highest BCUT2D eigenvalue weighted by Crippen LogP contribution is 2.33. The molecular weight excluding hydrogens is 231 g/mol. The normalized spacial score (nSPS) is 23.7. The van der Waals surface area contributed by atoms with Crippen molar-refractivity contribution in [3.05, 3.63) is 35.6 Å². The van der Waals surface area contributed by atoms with Crippen molar-refractivity contribution in [2.24, 2.45) is 5.92 Å². The predicted octanol–water partition coefficient (Wildman–Crippen LogP) is 2.06. The van der Waals surface area contributed by atoms with Gasteiger partial charge in [0.1, 0.15) is 12.0 Å². The van der Waals surface area contributed by atoms with E-state index >= 15 is 0 Å². The molecule has 18 heavy (non-hydrogen) atoms. The van der Waals surface area contributed by atoms with Crippen LogP contribution in [0.25, 0.3) is 0 Å². The molecule has 1 N–H and O–H groups in total. The Morgan fingerprint density at radius 3 is 2.67 bits per heavy atom. The third-order valence-electron chi connectivity index (χ3n) is 3.74. The Kier molecular flexibility index (Phi) is 3.04. The van der Waals surface area contributed by atoms with E-state index in [1.807, 2.05) is 4.90 Å². The van der Waals surface area contributed by atoms with Gasteiger partial charge in [0, 0.05) is 6.54 Å². The average molecular weight is 248 g/mol. The molecular formula is C14H17FN2O. The van der Waals surface area contributed by atoms with Crippen LogP contribution in [0.4, 0.5) is 4.39 Å². The third-order valence-corrected chi connectivity index (χ3v) is 3.74. The standard InChI is InChI=1S/C14H17FN2O/c15-12-5-3-11(4-6-12)14-16-9-13(18)17(14)8-7-10-1-2-10/h3-6,10,14,16H,1-2,7-9H2. The lowest BCUT2D eigenvalue weighted by atomic mass is 10.1. The predicted molar refractivity (Wildman–Crippen MR) is 66.2 cm³/mol. The van der Waals surface area contributed by atoms with Crippen LogP contribution in [0.15, 0.2) is 24.3 Å². The van der Waals surface area contributed by atoms with Crippen LogP contribution in [0.1, 0.15) is 31.0 Å². The van der Waals surface area contributed by atoms with Crippen molar-refractivity contribution in [3.8, 4) is 0 Å². The van der Waals surface area contributed by atoms with Crippen molar-refractivity contribution in [2.75, 3.05) is 13.1 Å². The molecule has 3 rings (SSSR count). The van der Waals surface area contributed by atoms with Crippen LogP contribution in [0.2, 0.25) is 0 Å². The van der Waals surface area contributed by atoms with E-state index in [9.17, 15) is 9.18 Å². The minimum atomic E-state index is -0.243. The smallest absolute Gasteiger partial charge is 0.238 e. The summed E-state index contributed by atoms with van der Waals surface area (Å²) in [5.41, 5.74) is 0.957. The Labute approximate surface area is 106 Å². The number of carbonyl (C=O) groups is 1. The van der Waals surface area contributed by atoms with E-state index in [-0.39, 0.29) is 17.9 Å². The Bertz CT molecular complexity index is 442. The highest BCUT2D eigenvalue weighted by molar-refractivity contribution is 5.80. The van der Waals surface area contributed by atoms with E-state index in [0.717, 1.165) is 24.4 Å². The zero-order valence-corrected chi connectivity index (χ0v) is 10.2. The quantitative estimate of drug-likeness (QED) is 0.884. The first-order valence-electron chi connectivity index (χ1n) is 6.52. The number of benzene rings is 1. The summed E-state index contributed by atoms with van der Waals surface area (Å²) in [6.45, 7) is 1.19. The van der Waals surface area contributed by atoms with Crippen molar-refractivity contribution in [1.82, 2.24) is 10.2 Å². The Morgan fingerprint density at radius 2 is 2.00 bits per heavy atom. The lowest BCUT2D eigenvalue weighted by molar-refractivity contribution is -0.128. The van der Waals surface area contributed by atoms with E-state index in [1.54, 1.807) is 12.1 Å². The fourth-order valence-corrected chi connectivity index (χ4v) is 2.46. The van der Waals surface area contributed by atoms with Crippen LogP contribution < -0.4 is 5.32 Å². The van der Waals surface area contributed by atoms with Gasteiger partial charge in [-0.3, -0.25) is 10.1 Å². The number of nitrogens with one attached hydrogen (secondary N) is 1. The van der Waals surface area contributed by atoms with Gasteiger partial charge >= 0.3 is 0 Å². The van der Waals surface area contributed by atoms with Gasteiger partial charge in [0.05, 0.1) is 6.54 Å². The number of carbonyl (C=O) groups excluding carboxylic acids is 1. The van der Waals surface area contributed by atoms with Crippen molar-refractivity contribution in [1.29, 1.82) is 0 Å². The van der Waals surface area contributed by atoms with Crippen LogP contribution in [0.5, 0.6) is 0 Å². The molecule has 2 aliphatic rings. The molecule has 1 unspecified atom stereocenters. The molecule has 0 aromatic heterocycles. The molecule has 1 aliphatic heterocycles. The molecule has 1 saturated carbocycles. The van der Waals surface area contributed by atoms with Crippen LogP contribution >= 0.6 is 0 Å². The molecule has 1 amide bonds. The van der Waals surface area contributed by atoms with Gasteiger partial charge in [-0.2, -0.15) is 0 Å². The zero-order valence-electron chi connectivity index (χ0n) is 10.2. The summed E-state index contributed by atoms with van der Waals surface area (Å²) < 4.78 is 12.9. The van der Waals surface area contributed by atoms with E-state index < -0.39 is 0 Å². The number of nitrogens with zero attached hydrogens (tertiary/aromatic N) is 1. The SMILES string of the molecule is O=C1CNC(c2ccc(F)cc2)N1CCC1CC1. The number of hydrogen-bond acceptors (Lipinski definition) is 2. The van der Waals surface area contributed by atoms with Crippen LogP contribution in [-0.4, -0.2) is 23.9 Å². The van der Waals surface area contributed by atoms with Crippen molar-refractivity contribution in [2.45, 2.75) is 25.4 Å². The lowest BCUT2D eigenvalue weighted by Gasteiger charge is -2.24. The minimum absolute atomic E-state index is 0.0863. The second-order valence-electron chi connectivity index (χ2n) is 5.15. The molecule has 3 nitrogen and oxygen atoms in total. The molecule has 1 aliphatic carbocycles. The topological polar surface area (TPSA) is 32.3 Å². The average Bonchev–Trinajstić information content (AvgIpc) is 3.12. The number of hydrogen-bond donors (Lipinski definition) is 1. The molecule has 4 heteroatoms. The fraction of sp³-hybridized carbons (Fsp3) is 0.500. The van der Waals surface area contributed by atoms with Gasteiger partial charge in [0.25, 0.3) is 0 Å². The van der Waals surface area contributed by atoms with Gasteiger partial charge in [-0.15, -0.1) is 0 Å². The highest BCUT2D eigenvalue weighted by atomic mass is 19.1. The lowest BCUT2D eigenvalue weighted by Crippen LogP contribution is -2.31. The summed E-state index contributed by atoms with van der Waals surface area (Å²) in [5, 5.41) is 3.19. The molecule has 1 aromatic carbocycles. The maximum atomic E-state index is 12.9. The first kappa shape index (κ1) is 11.7. The van der Waals surface area contributed by atoms with Gasteiger partial charge in [0.15, 0.2) is 0 Å². The van der Waals surface area contributed by atoms with Gasteiger partial charge in [-0.05, 0) is 30.0 Å². The summed E-state index contributed by atoms with van der Waals surface area (Å²) in [7, 11) is 0. The number of rotatable bonds is 4. The maximum Gasteiger partial charge on any atom is 0.238 e. The summed E-state index contributed by atoms with van der Waals surface area (Å²) in [4.78, 5) is 13.7. The van der Waals surface area contributed by atoms with Gasteiger partial charge in [-0.1, -0.05) is 25.0 Å². The summed E-state index contributed by atoms with van der Waals surface area (Å²) in [5.74, 6) is 0.713. The van der Waals surface area contributed by atoms with Gasteiger partial charge in [-0.25, -0.2) is 4.39 Å². The molecule has 1 saturated heterocycles. The molecule has 0 radical (unpaired) electrons. The van der Waals surface area contributed by atoms with Gasteiger partial charge in [0.2, 0.25) is 5.91 Å². The molecule has 96 valence electrons. The third kappa shape index (κ3) is 2.38. The second-order valence-corrected chi connectivity index (χ2v) is 5.15. The molecule has 0 bridgehead atoms. The Morgan fingerprint density at radius 1 is 1.28 bits per heavy atom. The second kappa shape index (κ2) is 4.69. The molecule has 2 fully saturated rings. The van der Waals surface area contributed by atoms with Crippen molar-refractivity contribution < 1.29 is 9.18 Å². The Balaban J connectivity index is 1.72. The summed E-state index contributed by atoms with van der Waals surface area (Å²) in [6, 6.07) is 6.38. The number of amides is 1. The maximum absolute atomic E-state index is 12.9. The fourth-order valence-electron chi connectivity index (χ4n) is 2.46. The molecule has 1 heterocycles. The monoisotopic (exact) mass is 248 g/mol. The van der Waals surface area contributed by atoms with Crippen molar-refractivity contribution in [3.63, 3.8) is 0 Å².